The fourth-order valence-electron chi connectivity index (χ4n) is 4.15. The molecule has 5 rings (SSSR count). The molecule has 2 heterocycles. The van der Waals surface area contributed by atoms with Crippen LogP contribution in [-0.4, -0.2) is 29.1 Å². The molecule has 7 nitrogen and oxygen atoms in total. The van der Waals surface area contributed by atoms with Crippen molar-refractivity contribution in [1.82, 2.24) is 5.16 Å². The van der Waals surface area contributed by atoms with Crippen molar-refractivity contribution < 1.29 is 28.3 Å². The highest BCUT2D eigenvalue weighted by Gasteiger charge is 2.45. The SMILES string of the molecule is COc1ccc(C(=O)C2=C(O)C(=O)N(c3ccc(-c4ccon4)cc3)C2c2ccccc2F)cc1. The largest absolute Gasteiger partial charge is 0.503 e. The van der Waals surface area contributed by atoms with Gasteiger partial charge in [-0.2, -0.15) is 0 Å². The molecule has 1 atom stereocenters. The molecule has 1 aliphatic heterocycles. The molecule has 174 valence electrons. The topological polar surface area (TPSA) is 92.9 Å². The number of benzene rings is 3. The summed E-state index contributed by atoms with van der Waals surface area (Å²) in [7, 11) is 1.50. The molecule has 1 aliphatic rings. The zero-order valence-electron chi connectivity index (χ0n) is 18.5. The van der Waals surface area contributed by atoms with Crippen LogP contribution < -0.4 is 9.64 Å². The summed E-state index contributed by atoms with van der Waals surface area (Å²) in [4.78, 5) is 28.0. The molecule has 4 aromatic rings. The molecule has 0 spiro atoms. The molecule has 0 saturated heterocycles. The standard InChI is InChI=1S/C27H19FN2O5/c1-34-19-12-8-17(9-13-19)25(31)23-24(20-4-2-3-5-21(20)28)30(27(33)26(23)32)18-10-6-16(7-11-18)22-14-15-35-29-22/h2-15,24,32H,1H3. The Morgan fingerprint density at radius 3 is 2.37 bits per heavy atom. The quantitative estimate of drug-likeness (QED) is 0.386. The number of ketones is 1. The molecular formula is C27H19FN2O5. The van der Waals surface area contributed by atoms with Gasteiger partial charge in [0.05, 0.1) is 18.7 Å². The summed E-state index contributed by atoms with van der Waals surface area (Å²) in [6.07, 6.45) is 1.44. The maximum absolute atomic E-state index is 15.0. The Labute approximate surface area is 199 Å². The number of halogens is 1. The van der Waals surface area contributed by atoms with Crippen molar-refractivity contribution >= 4 is 17.4 Å². The molecular weight excluding hydrogens is 451 g/mol. The summed E-state index contributed by atoms with van der Waals surface area (Å²) in [5, 5.41) is 14.7. The van der Waals surface area contributed by atoms with Gasteiger partial charge in [-0.15, -0.1) is 0 Å². The number of aromatic nitrogens is 1. The lowest BCUT2D eigenvalue weighted by Gasteiger charge is -2.27. The third-order valence-electron chi connectivity index (χ3n) is 5.88. The number of anilines is 1. The smallest absolute Gasteiger partial charge is 0.294 e. The Morgan fingerprint density at radius 1 is 1.03 bits per heavy atom. The van der Waals surface area contributed by atoms with Crippen molar-refractivity contribution in [2.24, 2.45) is 0 Å². The van der Waals surface area contributed by atoms with Crippen molar-refractivity contribution in [2.75, 3.05) is 12.0 Å². The number of hydrogen-bond acceptors (Lipinski definition) is 6. The van der Waals surface area contributed by atoms with E-state index in [1.165, 1.54) is 48.6 Å². The molecule has 8 heteroatoms. The van der Waals surface area contributed by atoms with Crippen molar-refractivity contribution in [3.63, 3.8) is 0 Å². The van der Waals surface area contributed by atoms with Gasteiger partial charge >= 0.3 is 0 Å². The Morgan fingerprint density at radius 2 is 1.74 bits per heavy atom. The third kappa shape index (κ3) is 3.85. The first kappa shape index (κ1) is 22.1. The van der Waals surface area contributed by atoms with Crippen molar-refractivity contribution in [3.8, 4) is 17.0 Å². The summed E-state index contributed by atoms with van der Waals surface area (Å²) in [5.74, 6) is -2.18. The van der Waals surface area contributed by atoms with E-state index in [0.717, 1.165) is 5.56 Å². The zero-order valence-corrected chi connectivity index (χ0v) is 18.5. The number of aliphatic hydroxyl groups excluding tert-OH is 1. The van der Waals surface area contributed by atoms with E-state index in [4.69, 9.17) is 9.26 Å². The number of rotatable bonds is 6. The van der Waals surface area contributed by atoms with E-state index in [-0.39, 0.29) is 16.7 Å². The minimum absolute atomic E-state index is 0.0855. The second-order valence-corrected chi connectivity index (χ2v) is 7.85. The number of Topliss-reactive ketones (excluding diaryl/α,β-unsaturated/α-hetero) is 1. The minimum Gasteiger partial charge on any atom is -0.503 e. The normalized spacial score (nSPS) is 15.5. The predicted octanol–water partition coefficient (Wildman–Crippen LogP) is 5.27. The van der Waals surface area contributed by atoms with Crippen molar-refractivity contribution in [3.05, 3.63) is 113 Å². The fourth-order valence-corrected chi connectivity index (χ4v) is 4.15. The average molecular weight is 470 g/mol. The molecule has 0 fully saturated rings. The van der Waals surface area contributed by atoms with Gasteiger partial charge in [-0.3, -0.25) is 14.5 Å². The maximum Gasteiger partial charge on any atom is 0.294 e. The molecule has 35 heavy (non-hydrogen) atoms. The van der Waals surface area contributed by atoms with Crippen LogP contribution in [0, 0.1) is 5.82 Å². The lowest BCUT2D eigenvalue weighted by atomic mass is 9.92. The number of aliphatic hydroxyl groups is 1. The van der Waals surface area contributed by atoms with Crippen molar-refractivity contribution in [2.45, 2.75) is 6.04 Å². The summed E-state index contributed by atoms with van der Waals surface area (Å²) in [6.45, 7) is 0. The van der Waals surface area contributed by atoms with Crippen LogP contribution in [0.15, 0.2) is 101 Å². The second kappa shape index (κ2) is 8.90. The first-order chi connectivity index (χ1) is 17.0. The van der Waals surface area contributed by atoms with Gasteiger partial charge < -0.3 is 14.4 Å². The Kier molecular flexibility index (Phi) is 5.62. The van der Waals surface area contributed by atoms with Gasteiger partial charge in [0.1, 0.15) is 23.5 Å². The van der Waals surface area contributed by atoms with Gasteiger partial charge in [-0.1, -0.05) is 35.5 Å². The number of nitrogens with zero attached hydrogens (tertiary/aromatic N) is 2. The van der Waals surface area contributed by atoms with E-state index in [2.05, 4.69) is 5.16 Å². The van der Waals surface area contributed by atoms with Crippen LogP contribution in [0.5, 0.6) is 5.75 Å². The summed E-state index contributed by atoms with van der Waals surface area (Å²) in [6, 6.07) is 19.4. The van der Waals surface area contributed by atoms with Gasteiger partial charge in [0.25, 0.3) is 5.91 Å². The molecule has 0 aliphatic carbocycles. The maximum atomic E-state index is 15.0. The number of ether oxygens (including phenoxy) is 1. The monoisotopic (exact) mass is 470 g/mol. The number of carbonyl (C=O) groups excluding carboxylic acids is 2. The van der Waals surface area contributed by atoms with E-state index in [9.17, 15) is 19.1 Å². The van der Waals surface area contributed by atoms with Gasteiger partial charge in [0.2, 0.25) is 0 Å². The molecule has 1 amide bonds. The van der Waals surface area contributed by atoms with Crippen LogP contribution in [0.2, 0.25) is 0 Å². The van der Waals surface area contributed by atoms with Crippen LogP contribution in [0.1, 0.15) is 22.0 Å². The molecule has 1 aromatic heterocycles. The lowest BCUT2D eigenvalue weighted by Crippen LogP contribution is -2.31. The molecule has 0 saturated carbocycles. The number of amides is 1. The Bertz CT molecular complexity index is 1430. The van der Waals surface area contributed by atoms with E-state index in [1.54, 1.807) is 48.5 Å². The van der Waals surface area contributed by atoms with Crippen molar-refractivity contribution in [1.29, 1.82) is 0 Å². The summed E-state index contributed by atoms with van der Waals surface area (Å²) >= 11 is 0. The van der Waals surface area contributed by atoms with Gasteiger partial charge in [-0.05, 0) is 42.5 Å². The van der Waals surface area contributed by atoms with Gasteiger partial charge in [0.15, 0.2) is 11.5 Å². The lowest BCUT2D eigenvalue weighted by molar-refractivity contribution is -0.117. The highest BCUT2D eigenvalue weighted by atomic mass is 19.1. The van der Waals surface area contributed by atoms with Gasteiger partial charge in [0, 0.05) is 28.4 Å². The van der Waals surface area contributed by atoms with Gasteiger partial charge in [-0.25, -0.2) is 4.39 Å². The van der Waals surface area contributed by atoms with E-state index >= 15 is 0 Å². The highest BCUT2D eigenvalue weighted by molar-refractivity contribution is 6.21. The Hall–Kier alpha value is -4.72. The van der Waals surface area contributed by atoms with Crippen LogP contribution in [-0.2, 0) is 4.79 Å². The van der Waals surface area contributed by atoms with Crippen LogP contribution in [0.3, 0.4) is 0 Å². The second-order valence-electron chi connectivity index (χ2n) is 7.85. The molecule has 0 bridgehead atoms. The van der Waals surface area contributed by atoms with E-state index in [1.807, 2.05) is 0 Å². The summed E-state index contributed by atoms with van der Waals surface area (Å²) in [5.41, 5.74) is 1.83. The first-order valence-corrected chi connectivity index (χ1v) is 10.7. The minimum atomic E-state index is -1.17. The van der Waals surface area contributed by atoms with Crippen LogP contribution in [0.25, 0.3) is 11.3 Å². The number of hydrogen-bond donors (Lipinski definition) is 1. The molecule has 0 radical (unpaired) electrons. The number of methoxy groups -OCH3 is 1. The molecule has 1 unspecified atom stereocenters. The first-order valence-electron chi connectivity index (χ1n) is 10.7. The average Bonchev–Trinajstić information content (AvgIpc) is 3.51. The third-order valence-corrected chi connectivity index (χ3v) is 5.88. The Balaban J connectivity index is 1.60. The van der Waals surface area contributed by atoms with Crippen LogP contribution in [0.4, 0.5) is 10.1 Å². The van der Waals surface area contributed by atoms with Crippen LogP contribution >= 0.6 is 0 Å². The number of carbonyl (C=O) groups is 2. The fraction of sp³-hybridized carbons (Fsp3) is 0.0741. The highest BCUT2D eigenvalue weighted by Crippen LogP contribution is 2.43. The molecule has 1 N–H and O–H groups in total. The van der Waals surface area contributed by atoms with E-state index in [0.29, 0.717) is 17.1 Å². The predicted molar refractivity (Wildman–Crippen MR) is 126 cm³/mol. The van der Waals surface area contributed by atoms with E-state index < -0.39 is 29.3 Å². The summed E-state index contributed by atoms with van der Waals surface area (Å²) < 4.78 is 25.0. The molecule has 3 aromatic carbocycles. The zero-order chi connectivity index (χ0) is 24.5.